The third kappa shape index (κ3) is 7.90. The van der Waals surface area contributed by atoms with E-state index in [0.29, 0.717) is 11.3 Å². The number of carbonyl (C=O) groups is 3. The molecule has 0 aliphatic heterocycles. The molecule has 4 rings (SSSR count). The van der Waals surface area contributed by atoms with E-state index in [4.69, 9.17) is 4.74 Å². The first-order valence-corrected chi connectivity index (χ1v) is 14.4. The first-order valence-electron chi connectivity index (χ1n) is 14.4. The molecular weight excluding hydrogens is 530 g/mol. The van der Waals surface area contributed by atoms with Gasteiger partial charge in [-0.3, -0.25) is 9.59 Å². The van der Waals surface area contributed by atoms with E-state index in [1.807, 2.05) is 63.2 Å². The molecule has 8 nitrogen and oxygen atoms in total. The maximum Gasteiger partial charge on any atom is 0.408 e. The van der Waals surface area contributed by atoms with E-state index in [9.17, 15) is 19.5 Å². The number of alkyl carbamates (subject to hydrolysis) is 1. The van der Waals surface area contributed by atoms with Gasteiger partial charge in [0, 0.05) is 18.2 Å². The van der Waals surface area contributed by atoms with Gasteiger partial charge in [-0.2, -0.15) is 0 Å². The van der Waals surface area contributed by atoms with Gasteiger partial charge in [-0.1, -0.05) is 48.5 Å². The van der Waals surface area contributed by atoms with Crippen LogP contribution >= 0.6 is 0 Å². The number of rotatable bonds is 9. The second-order valence-electron chi connectivity index (χ2n) is 12.1. The van der Waals surface area contributed by atoms with Crippen LogP contribution < -0.4 is 10.6 Å². The number of nitrogens with one attached hydrogen (secondary N) is 2. The molecule has 0 spiro atoms. The molecule has 222 valence electrons. The van der Waals surface area contributed by atoms with E-state index in [-0.39, 0.29) is 30.0 Å². The maximum absolute atomic E-state index is 14.5. The average Bonchev–Trinajstić information content (AvgIpc) is 3.75. The third-order valence-electron chi connectivity index (χ3n) is 7.34. The average molecular weight is 572 g/mol. The summed E-state index contributed by atoms with van der Waals surface area (Å²) in [6.45, 7) is 11.2. The number of nitrogens with zero attached hydrogens (tertiary/aromatic N) is 1. The van der Waals surface area contributed by atoms with Crippen molar-refractivity contribution in [1.29, 1.82) is 0 Å². The Labute approximate surface area is 248 Å². The Morgan fingerprint density at radius 3 is 2.19 bits per heavy atom. The molecule has 3 aromatic carbocycles. The molecule has 0 aromatic heterocycles. The van der Waals surface area contributed by atoms with Crippen LogP contribution in [-0.2, 0) is 20.7 Å². The van der Waals surface area contributed by atoms with E-state index >= 15 is 0 Å². The van der Waals surface area contributed by atoms with Crippen LogP contribution in [0.25, 0.3) is 0 Å². The van der Waals surface area contributed by atoms with Gasteiger partial charge in [-0.05, 0) is 100 Å². The Bertz CT molecular complexity index is 1440. The lowest BCUT2D eigenvalue weighted by Crippen LogP contribution is -2.54. The molecule has 1 fully saturated rings. The molecule has 1 aliphatic rings. The van der Waals surface area contributed by atoms with Gasteiger partial charge in [-0.15, -0.1) is 0 Å². The summed E-state index contributed by atoms with van der Waals surface area (Å²) in [6, 6.07) is 17.7. The molecule has 3 N–H and O–H groups in total. The smallest absolute Gasteiger partial charge is 0.408 e. The van der Waals surface area contributed by atoms with Crippen molar-refractivity contribution in [3.63, 3.8) is 0 Å². The van der Waals surface area contributed by atoms with E-state index in [0.717, 1.165) is 35.1 Å². The zero-order valence-electron chi connectivity index (χ0n) is 25.2. The summed E-state index contributed by atoms with van der Waals surface area (Å²) in [5, 5.41) is 15.6. The summed E-state index contributed by atoms with van der Waals surface area (Å²) in [7, 11) is 0. The zero-order valence-corrected chi connectivity index (χ0v) is 25.2. The summed E-state index contributed by atoms with van der Waals surface area (Å²) < 4.78 is 5.50. The predicted molar refractivity (Wildman–Crippen MR) is 163 cm³/mol. The highest BCUT2D eigenvalue weighted by molar-refractivity contribution is 5.99. The summed E-state index contributed by atoms with van der Waals surface area (Å²) in [6.07, 6.45) is 0.940. The van der Waals surface area contributed by atoms with Crippen LogP contribution in [0.3, 0.4) is 0 Å². The second kappa shape index (κ2) is 12.7. The first-order chi connectivity index (χ1) is 19.8. The van der Waals surface area contributed by atoms with Gasteiger partial charge in [0.1, 0.15) is 23.4 Å². The van der Waals surface area contributed by atoms with Crippen molar-refractivity contribution < 1.29 is 24.2 Å². The van der Waals surface area contributed by atoms with Crippen LogP contribution in [0.2, 0.25) is 0 Å². The lowest BCUT2D eigenvalue weighted by molar-refractivity contribution is -0.141. The fourth-order valence-corrected chi connectivity index (χ4v) is 4.86. The molecule has 0 heterocycles. The number of hydrogen-bond donors (Lipinski definition) is 3. The predicted octanol–water partition coefficient (Wildman–Crippen LogP) is 6.12. The van der Waals surface area contributed by atoms with Gasteiger partial charge in [0.05, 0.1) is 0 Å². The van der Waals surface area contributed by atoms with E-state index in [1.54, 1.807) is 37.8 Å². The normalized spacial score (nSPS) is 14.4. The molecule has 2 unspecified atom stereocenters. The van der Waals surface area contributed by atoms with Crippen LogP contribution in [0, 0.1) is 20.8 Å². The van der Waals surface area contributed by atoms with Crippen molar-refractivity contribution in [2.45, 2.75) is 84.5 Å². The monoisotopic (exact) mass is 571 g/mol. The fourth-order valence-electron chi connectivity index (χ4n) is 4.86. The molecule has 0 saturated heterocycles. The van der Waals surface area contributed by atoms with Gasteiger partial charge in [0.2, 0.25) is 5.91 Å². The van der Waals surface area contributed by atoms with Crippen LogP contribution in [-0.4, -0.2) is 45.6 Å². The SMILES string of the molecule is Cc1ccc(C(C(=O)Nc2ccccc2C)N(C(=O)C(Cc2ccc(O)cc2)NC(=O)OC(C)(C)C)C2CC2)cc1C. The molecule has 3 amide bonds. The maximum atomic E-state index is 14.5. The molecule has 0 radical (unpaired) electrons. The second-order valence-corrected chi connectivity index (χ2v) is 12.1. The van der Waals surface area contributed by atoms with Crippen LogP contribution in [0.1, 0.15) is 67.5 Å². The summed E-state index contributed by atoms with van der Waals surface area (Å²) in [4.78, 5) is 43.2. The first kappa shape index (κ1) is 30.6. The van der Waals surface area contributed by atoms with Gasteiger partial charge in [0.25, 0.3) is 5.91 Å². The minimum absolute atomic E-state index is 0.101. The lowest BCUT2D eigenvalue weighted by Gasteiger charge is -2.35. The number of para-hydroxylation sites is 1. The summed E-state index contributed by atoms with van der Waals surface area (Å²) in [5.41, 5.74) is 4.35. The number of ether oxygens (including phenoxy) is 1. The van der Waals surface area contributed by atoms with Gasteiger partial charge in [-0.25, -0.2) is 4.79 Å². The van der Waals surface area contributed by atoms with Gasteiger partial charge in [0.15, 0.2) is 0 Å². The fraction of sp³-hybridized carbons (Fsp3) is 0.382. The highest BCUT2D eigenvalue weighted by atomic mass is 16.6. The van der Waals surface area contributed by atoms with Crippen molar-refractivity contribution in [2.75, 3.05) is 5.32 Å². The Kier molecular flexibility index (Phi) is 9.24. The number of phenols is 1. The molecule has 42 heavy (non-hydrogen) atoms. The lowest BCUT2D eigenvalue weighted by atomic mass is 9.97. The molecule has 3 aromatic rings. The van der Waals surface area contributed by atoms with E-state index in [2.05, 4.69) is 10.6 Å². The van der Waals surface area contributed by atoms with Crippen LogP contribution in [0.15, 0.2) is 66.7 Å². The summed E-state index contributed by atoms with van der Waals surface area (Å²) in [5.74, 6) is -0.600. The Morgan fingerprint density at radius 1 is 0.929 bits per heavy atom. The van der Waals surface area contributed by atoms with Crippen molar-refractivity contribution in [1.82, 2.24) is 10.2 Å². The molecule has 8 heteroatoms. The minimum Gasteiger partial charge on any atom is -0.508 e. The standard InChI is InChI=1S/C34H41N3O5/c1-21-11-14-25(19-23(21)3)30(31(39)35-28-10-8-7-9-22(28)2)37(26-15-16-26)32(40)29(36-33(41)42-34(4,5)6)20-24-12-17-27(38)18-13-24/h7-14,17-19,26,29-30,38H,15-16,20H2,1-6H3,(H,35,39)(H,36,41). The van der Waals surface area contributed by atoms with E-state index < -0.39 is 23.8 Å². The number of aromatic hydroxyl groups is 1. The third-order valence-corrected chi connectivity index (χ3v) is 7.34. The van der Waals surface area contributed by atoms with Crippen LogP contribution in [0.4, 0.5) is 10.5 Å². The van der Waals surface area contributed by atoms with Crippen molar-refractivity contribution >= 4 is 23.6 Å². The Hall–Kier alpha value is -4.33. The minimum atomic E-state index is -1.01. The summed E-state index contributed by atoms with van der Waals surface area (Å²) >= 11 is 0. The van der Waals surface area contributed by atoms with Crippen molar-refractivity contribution in [2.24, 2.45) is 0 Å². The molecule has 1 aliphatic carbocycles. The number of hydrogen-bond acceptors (Lipinski definition) is 5. The number of carbonyl (C=O) groups excluding carboxylic acids is 3. The molecule has 2 atom stereocenters. The number of phenolic OH excluding ortho intramolecular Hbond substituents is 1. The highest BCUT2D eigenvalue weighted by Crippen LogP contribution is 2.37. The van der Waals surface area contributed by atoms with Gasteiger partial charge < -0.3 is 25.4 Å². The molecular formula is C34H41N3O5. The number of anilines is 1. The Balaban J connectivity index is 1.74. The van der Waals surface area contributed by atoms with Crippen molar-refractivity contribution in [3.8, 4) is 5.75 Å². The topological polar surface area (TPSA) is 108 Å². The number of benzene rings is 3. The largest absolute Gasteiger partial charge is 0.508 e. The highest BCUT2D eigenvalue weighted by Gasteiger charge is 2.44. The van der Waals surface area contributed by atoms with Crippen molar-refractivity contribution in [3.05, 3.63) is 94.5 Å². The molecule has 1 saturated carbocycles. The van der Waals surface area contributed by atoms with Crippen LogP contribution in [0.5, 0.6) is 5.75 Å². The Morgan fingerprint density at radius 2 is 1.60 bits per heavy atom. The van der Waals surface area contributed by atoms with Gasteiger partial charge >= 0.3 is 6.09 Å². The quantitative estimate of drug-likeness (QED) is 0.287. The number of amides is 3. The van der Waals surface area contributed by atoms with E-state index in [1.165, 1.54) is 12.1 Å². The number of aryl methyl sites for hydroxylation is 3. The molecule has 0 bridgehead atoms. The zero-order chi connectivity index (χ0) is 30.6.